The molecule has 1 aliphatic heterocycles. The van der Waals surface area contributed by atoms with Crippen molar-refractivity contribution in [1.82, 2.24) is 5.48 Å². The highest BCUT2D eigenvalue weighted by atomic mass is 16.6. The summed E-state index contributed by atoms with van der Waals surface area (Å²) in [6, 6.07) is 0. The summed E-state index contributed by atoms with van der Waals surface area (Å²) in [5.41, 5.74) is 2.62. The first-order valence-electron chi connectivity index (χ1n) is 2.10. The van der Waals surface area contributed by atoms with E-state index in [-0.39, 0.29) is 0 Å². The summed E-state index contributed by atoms with van der Waals surface area (Å²) in [7, 11) is 0. The van der Waals surface area contributed by atoms with Gasteiger partial charge in [0.25, 0.3) is 0 Å². The van der Waals surface area contributed by atoms with Crippen LogP contribution in [0.1, 0.15) is 0 Å². The molecule has 0 unspecified atom stereocenters. The van der Waals surface area contributed by atoms with Crippen LogP contribution in [0.5, 0.6) is 0 Å². The van der Waals surface area contributed by atoms with Gasteiger partial charge in [-0.15, -0.1) is 0 Å². The molecule has 0 aromatic rings. The smallest absolute Gasteiger partial charge is 0.111 e. The van der Waals surface area contributed by atoms with Crippen LogP contribution < -0.4 is 5.48 Å². The summed E-state index contributed by atoms with van der Waals surface area (Å²) in [5, 5.41) is 0. The van der Waals surface area contributed by atoms with Gasteiger partial charge < -0.3 is 4.84 Å². The minimum atomic E-state index is 0.660. The maximum Gasteiger partial charge on any atom is 0.111 e. The third-order valence-electron chi connectivity index (χ3n) is 0.618. The van der Waals surface area contributed by atoms with E-state index in [1.807, 2.05) is 0 Å². The van der Waals surface area contributed by atoms with Gasteiger partial charge in [-0.3, -0.25) is 0 Å². The normalized spacial score (nSPS) is 18.3. The van der Waals surface area contributed by atoms with E-state index in [0.29, 0.717) is 6.54 Å². The number of hydrogen-bond donors (Lipinski definition) is 1. The van der Waals surface area contributed by atoms with Crippen LogP contribution in [0.15, 0.2) is 18.4 Å². The van der Waals surface area contributed by atoms with E-state index in [2.05, 4.69) is 16.4 Å². The summed E-state index contributed by atoms with van der Waals surface area (Å²) >= 11 is 0. The SMILES string of the molecule is [C]1=CC=CONC1. The Labute approximate surface area is 42.4 Å². The molecule has 1 rings (SSSR count). The number of nitrogens with one attached hydrogen (secondary N) is 1. The topological polar surface area (TPSA) is 21.3 Å². The fourth-order valence-electron chi connectivity index (χ4n) is 0.337. The second-order valence-electron chi connectivity index (χ2n) is 1.14. The Morgan fingerprint density at radius 1 is 1.71 bits per heavy atom. The highest BCUT2D eigenvalue weighted by molar-refractivity contribution is 4.97. The van der Waals surface area contributed by atoms with Gasteiger partial charge in [0, 0.05) is 0 Å². The first-order valence-corrected chi connectivity index (χ1v) is 2.10. The van der Waals surface area contributed by atoms with Gasteiger partial charge in [-0.05, 0) is 12.2 Å². The average molecular weight is 96.1 g/mol. The molecule has 1 heterocycles. The van der Waals surface area contributed by atoms with Gasteiger partial charge in [0.15, 0.2) is 0 Å². The molecular weight excluding hydrogens is 90.1 g/mol. The molecule has 0 amide bonds. The molecule has 0 spiro atoms. The quantitative estimate of drug-likeness (QED) is 0.471. The van der Waals surface area contributed by atoms with Crippen molar-refractivity contribution in [1.29, 1.82) is 0 Å². The molecule has 0 saturated heterocycles. The fraction of sp³-hybridized carbons (Fsp3) is 0.200. The lowest BCUT2D eigenvalue weighted by Crippen LogP contribution is -2.08. The maximum atomic E-state index is 4.67. The van der Waals surface area contributed by atoms with Crippen molar-refractivity contribution in [3.8, 4) is 0 Å². The van der Waals surface area contributed by atoms with Gasteiger partial charge in [0.2, 0.25) is 0 Å². The second kappa shape index (κ2) is 2.42. The van der Waals surface area contributed by atoms with Crippen molar-refractivity contribution in [2.24, 2.45) is 0 Å². The lowest BCUT2D eigenvalue weighted by molar-refractivity contribution is 0.146. The Morgan fingerprint density at radius 3 is 3.71 bits per heavy atom. The molecule has 0 bridgehead atoms. The van der Waals surface area contributed by atoms with E-state index >= 15 is 0 Å². The van der Waals surface area contributed by atoms with Crippen LogP contribution in [0, 0.1) is 6.08 Å². The lowest BCUT2D eigenvalue weighted by atomic mass is 10.5. The van der Waals surface area contributed by atoms with Crippen LogP contribution >= 0.6 is 0 Å². The second-order valence-corrected chi connectivity index (χ2v) is 1.14. The Bertz CT molecular complexity index is 84.3. The first-order chi connectivity index (χ1) is 3.50. The summed E-state index contributed by atoms with van der Waals surface area (Å²) in [5.74, 6) is 0. The van der Waals surface area contributed by atoms with Gasteiger partial charge in [-0.25, -0.2) is 0 Å². The van der Waals surface area contributed by atoms with Crippen molar-refractivity contribution in [2.45, 2.75) is 0 Å². The van der Waals surface area contributed by atoms with E-state index in [1.165, 1.54) is 0 Å². The summed E-state index contributed by atoms with van der Waals surface area (Å²) in [4.78, 5) is 4.67. The minimum absolute atomic E-state index is 0.660. The van der Waals surface area contributed by atoms with Crippen molar-refractivity contribution < 1.29 is 4.84 Å². The number of hydroxylamine groups is 1. The van der Waals surface area contributed by atoms with Gasteiger partial charge in [0.05, 0.1) is 6.54 Å². The van der Waals surface area contributed by atoms with Crippen molar-refractivity contribution >= 4 is 0 Å². The average Bonchev–Trinajstić information content (AvgIpc) is 1.90. The van der Waals surface area contributed by atoms with Crippen LogP contribution in [0.3, 0.4) is 0 Å². The summed E-state index contributed by atoms with van der Waals surface area (Å²) in [6.07, 6.45) is 8.05. The van der Waals surface area contributed by atoms with Crippen LogP contribution in [0.4, 0.5) is 0 Å². The van der Waals surface area contributed by atoms with E-state index in [4.69, 9.17) is 0 Å². The molecule has 1 N–H and O–H groups in total. The van der Waals surface area contributed by atoms with Crippen LogP contribution in [-0.2, 0) is 4.84 Å². The lowest BCUT2D eigenvalue weighted by Gasteiger charge is -1.92. The predicted octanol–water partition coefficient (Wildman–Crippen LogP) is 0.394. The zero-order chi connectivity index (χ0) is 4.95. The molecule has 2 heteroatoms. The third kappa shape index (κ3) is 1.41. The summed E-state index contributed by atoms with van der Waals surface area (Å²) < 4.78 is 0. The van der Waals surface area contributed by atoms with Gasteiger partial charge in [-0.1, -0.05) is 6.08 Å². The Kier molecular flexibility index (Phi) is 1.52. The zero-order valence-corrected chi connectivity index (χ0v) is 3.85. The van der Waals surface area contributed by atoms with Crippen molar-refractivity contribution in [2.75, 3.05) is 6.54 Å². The first kappa shape index (κ1) is 4.40. The number of rotatable bonds is 0. The molecule has 0 aromatic carbocycles. The van der Waals surface area contributed by atoms with Gasteiger partial charge >= 0.3 is 0 Å². The molecule has 0 aliphatic carbocycles. The Hall–Kier alpha value is -0.760. The molecule has 0 atom stereocenters. The van der Waals surface area contributed by atoms with Gasteiger partial charge in [0.1, 0.15) is 6.26 Å². The standard InChI is InChI=1S/C5H6NO/c1-2-4-6-7-5-3-1/h1,3,5-6H,4H2. The van der Waals surface area contributed by atoms with Crippen molar-refractivity contribution in [3.63, 3.8) is 0 Å². The number of hydrogen-bond acceptors (Lipinski definition) is 2. The molecule has 7 heavy (non-hydrogen) atoms. The highest BCUT2D eigenvalue weighted by Crippen LogP contribution is 1.80. The number of allylic oxidation sites excluding steroid dienone is 2. The monoisotopic (exact) mass is 96.0 g/mol. The molecule has 37 valence electrons. The van der Waals surface area contributed by atoms with Crippen LogP contribution in [0.25, 0.3) is 0 Å². The third-order valence-corrected chi connectivity index (χ3v) is 0.618. The summed E-state index contributed by atoms with van der Waals surface area (Å²) in [6.45, 7) is 0.660. The molecule has 1 radical (unpaired) electrons. The van der Waals surface area contributed by atoms with Crippen LogP contribution in [0.2, 0.25) is 0 Å². The molecule has 2 nitrogen and oxygen atoms in total. The Morgan fingerprint density at radius 2 is 2.71 bits per heavy atom. The van der Waals surface area contributed by atoms with Crippen molar-refractivity contribution in [3.05, 3.63) is 24.5 Å². The zero-order valence-electron chi connectivity index (χ0n) is 3.85. The Balaban J connectivity index is 2.39. The fourth-order valence-corrected chi connectivity index (χ4v) is 0.337. The molecule has 1 aliphatic rings. The van der Waals surface area contributed by atoms with E-state index in [9.17, 15) is 0 Å². The highest BCUT2D eigenvalue weighted by Gasteiger charge is 1.78. The predicted molar refractivity (Wildman–Crippen MR) is 26.0 cm³/mol. The molecular formula is C5H6NO. The molecule has 0 saturated carbocycles. The van der Waals surface area contributed by atoms with E-state index < -0.39 is 0 Å². The molecule has 0 aromatic heterocycles. The van der Waals surface area contributed by atoms with Crippen LogP contribution in [-0.4, -0.2) is 6.54 Å². The minimum Gasteiger partial charge on any atom is -0.416 e. The maximum absolute atomic E-state index is 4.67. The van der Waals surface area contributed by atoms with Gasteiger partial charge in [-0.2, -0.15) is 5.48 Å². The molecule has 0 fully saturated rings. The van der Waals surface area contributed by atoms with E-state index in [1.54, 1.807) is 18.4 Å². The largest absolute Gasteiger partial charge is 0.416 e. The van der Waals surface area contributed by atoms with E-state index in [0.717, 1.165) is 0 Å².